The lowest BCUT2D eigenvalue weighted by Gasteiger charge is -2.08. The third-order valence-electron chi connectivity index (χ3n) is 6.51. The summed E-state index contributed by atoms with van der Waals surface area (Å²) in [5, 5.41) is 22.5. The number of benzene rings is 2. The summed E-state index contributed by atoms with van der Waals surface area (Å²) in [5.74, 6) is -0.513. The second kappa shape index (κ2) is 12.9. The Hall–Kier alpha value is -5.35. The average Bonchev–Trinajstić information content (AvgIpc) is 3.30. The van der Waals surface area contributed by atoms with E-state index in [1.165, 1.54) is 16.2 Å². The normalized spacial score (nSPS) is 11.7. The Kier molecular flexibility index (Phi) is 8.64. The third-order valence-corrected chi connectivity index (χ3v) is 6.51. The van der Waals surface area contributed by atoms with Crippen LogP contribution in [0.25, 0.3) is 17.0 Å². The monoisotopic (exact) mass is 561 g/mol. The maximum absolute atomic E-state index is 12.8. The summed E-state index contributed by atoms with van der Waals surface area (Å²) in [7, 11) is 4.03. The smallest absolute Gasteiger partial charge is 0.263 e. The van der Waals surface area contributed by atoms with E-state index in [0.717, 1.165) is 23.1 Å². The molecule has 0 saturated carbocycles. The largest absolute Gasteiger partial charge is 0.493 e. The van der Waals surface area contributed by atoms with Crippen LogP contribution in [0.1, 0.15) is 27.0 Å². The fourth-order valence-corrected chi connectivity index (χ4v) is 4.50. The topological polar surface area (TPSA) is 128 Å². The number of fused-ring (bicyclic) bond motifs is 1. The molecular weight excluding hydrogens is 530 g/mol. The van der Waals surface area contributed by atoms with Gasteiger partial charge in [-0.15, -0.1) is 5.11 Å². The molecule has 10 nitrogen and oxygen atoms in total. The van der Waals surface area contributed by atoms with E-state index < -0.39 is 5.91 Å². The number of aromatic hydroxyl groups is 1. The molecule has 212 valence electrons. The van der Waals surface area contributed by atoms with E-state index in [4.69, 9.17) is 0 Å². The van der Waals surface area contributed by atoms with E-state index in [0.29, 0.717) is 23.4 Å². The number of hydrogen-bond donors (Lipinski definition) is 3. The number of nitrogens with zero attached hydrogens (tertiary/aromatic N) is 5. The van der Waals surface area contributed by atoms with Gasteiger partial charge in [0.1, 0.15) is 5.56 Å². The molecule has 42 heavy (non-hydrogen) atoms. The minimum Gasteiger partial charge on any atom is -0.493 e. The molecule has 0 aliphatic heterocycles. The number of aromatic amines is 1. The van der Waals surface area contributed by atoms with Crippen molar-refractivity contribution in [2.24, 2.45) is 10.2 Å². The number of carbonyl (C=O) groups excluding carboxylic acids is 1. The van der Waals surface area contributed by atoms with Gasteiger partial charge in [-0.25, -0.2) is 0 Å². The second-order valence-electron chi connectivity index (χ2n) is 10.1. The molecule has 2 aromatic carbocycles. The zero-order valence-electron chi connectivity index (χ0n) is 23.4. The first-order valence-corrected chi connectivity index (χ1v) is 13.4. The van der Waals surface area contributed by atoms with E-state index in [-0.39, 0.29) is 23.5 Å². The molecule has 1 amide bonds. The molecule has 0 fully saturated rings. The molecule has 5 rings (SSSR count). The molecule has 0 spiro atoms. The van der Waals surface area contributed by atoms with Crippen LogP contribution in [-0.4, -0.2) is 51.1 Å². The van der Waals surface area contributed by atoms with E-state index in [1.54, 1.807) is 36.8 Å². The van der Waals surface area contributed by atoms with Gasteiger partial charge in [0.05, 0.1) is 17.7 Å². The highest BCUT2D eigenvalue weighted by atomic mass is 16.3. The Labute approximate surface area is 242 Å². The van der Waals surface area contributed by atoms with Gasteiger partial charge in [0, 0.05) is 37.1 Å². The van der Waals surface area contributed by atoms with Crippen LogP contribution >= 0.6 is 0 Å². The Balaban J connectivity index is 1.21. The van der Waals surface area contributed by atoms with Crippen molar-refractivity contribution in [3.05, 3.63) is 124 Å². The number of aromatic nitrogens is 3. The van der Waals surface area contributed by atoms with Gasteiger partial charge in [-0.3, -0.25) is 14.6 Å². The number of hydrogen-bond acceptors (Lipinski definition) is 7. The maximum atomic E-state index is 12.8. The first-order chi connectivity index (χ1) is 20.4. The van der Waals surface area contributed by atoms with E-state index in [9.17, 15) is 14.7 Å². The zero-order chi connectivity index (χ0) is 29.5. The number of pyridine rings is 2. The quantitative estimate of drug-likeness (QED) is 0.197. The van der Waals surface area contributed by atoms with Crippen molar-refractivity contribution < 1.29 is 9.90 Å². The summed E-state index contributed by atoms with van der Waals surface area (Å²) in [6.45, 7) is 1.40. The van der Waals surface area contributed by atoms with Gasteiger partial charge in [0.2, 0.25) is 5.88 Å². The summed E-state index contributed by atoms with van der Waals surface area (Å²) in [6.07, 6.45) is 8.64. The maximum Gasteiger partial charge on any atom is 0.263 e. The Morgan fingerprint density at radius 1 is 1.07 bits per heavy atom. The molecular formula is C32H31N7O3. The summed E-state index contributed by atoms with van der Waals surface area (Å²) < 4.78 is 1.48. The van der Waals surface area contributed by atoms with Crippen molar-refractivity contribution >= 4 is 34.3 Å². The number of rotatable bonds is 10. The van der Waals surface area contributed by atoms with Crippen LogP contribution < -0.4 is 10.9 Å². The molecule has 0 radical (unpaired) electrons. The summed E-state index contributed by atoms with van der Waals surface area (Å²) >= 11 is 0. The molecule has 0 aliphatic carbocycles. The van der Waals surface area contributed by atoms with Crippen LogP contribution in [0.15, 0.2) is 106 Å². The molecule has 3 N–H and O–H groups in total. The molecule has 3 heterocycles. The van der Waals surface area contributed by atoms with Gasteiger partial charge in [0.15, 0.2) is 5.69 Å². The molecule has 10 heteroatoms. The molecule has 0 bridgehead atoms. The predicted molar refractivity (Wildman–Crippen MR) is 163 cm³/mol. The highest BCUT2D eigenvalue weighted by Gasteiger charge is 2.12. The number of H-pyrrole nitrogens is 1. The van der Waals surface area contributed by atoms with Crippen LogP contribution in [0.5, 0.6) is 5.88 Å². The first kappa shape index (κ1) is 28.2. The van der Waals surface area contributed by atoms with Gasteiger partial charge in [-0.05, 0) is 73.3 Å². The van der Waals surface area contributed by atoms with Gasteiger partial charge >= 0.3 is 0 Å². The van der Waals surface area contributed by atoms with E-state index >= 15 is 0 Å². The standard InChI is InChI=1S/C32H31N7O3/c1-38(2)20-23-9-12-25(13-10-23)36-37-29-26-14-11-22(18-28(26)35-31(29)41)6-4-16-34-30(40)27-8-5-17-39(32(27)42)21-24-7-3-15-33-19-24/h3-15,17-19,35,41H,16,20-21H2,1-2H3,(H,34,40). The zero-order valence-corrected chi connectivity index (χ0v) is 23.4. The average molecular weight is 562 g/mol. The fourth-order valence-electron chi connectivity index (χ4n) is 4.50. The van der Waals surface area contributed by atoms with Gasteiger partial charge in [0.25, 0.3) is 11.5 Å². The highest BCUT2D eigenvalue weighted by Crippen LogP contribution is 2.36. The van der Waals surface area contributed by atoms with Gasteiger partial charge in [-0.2, -0.15) is 5.11 Å². The summed E-state index contributed by atoms with van der Waals surface area (Å²) in [4.78, 5) is 34.6. The molecule has 0 saturated heterocycles. The van der Waals surface area contributed by atoms with Crippen LogP contribution in [0.4, 0.5) is 11.4 Å². The van der Waals surface area contributed by atoms with E-state index in [2.05, 4.69) is 30.4 Å². The minimum absolute atomic E-state index is 0.0663. The molecule has 0 atom stereocenters. The fraction of sp³-hybridized carbons (Fsp3) is 0.156. The number of amides is 1. The Morgan fingerprint density at radius 3 is 2.67 bits per heavy atom. The lowest BCUT2D eigenvalue weighted by molar-refractivity contribution is 0.0956. The molecule has 0 unspecified atom stereocenters. The summed E-state index contributed by atoms with van der Waals surface area (Å²) in [5.41, 5.74) is 4.36. The van der Waals surface area contributed by atoms with Crippen molar-refractivity contribution in [3.8, 4) is 5.88 Å². The highest BCUT2D eigenvalue weighted by molar-refractivity contribution is 5.95. The van der Waals surface area contributed by atoms with Crippen molar-refractivity contribution in [1.29, 1.82) is 0 Å². The number of carbonyl (C=O) groups is 1. The third kappa shape index (κ3) is 6.86. The number of nitrogens with one attached hydrogen (secondary N) is 2. The van der Waals surface area contributed by atoms with Crippen molar-refractivity contribution in [3.63, 3.8) is 0 Å². The van der Waals surface area contributed by atoms with Crippen LogP contribution in [0, 0.1) is 0 Å². The Morgan fingerprint density at radius 2 is 1.90 bits per heavy atom. The van der Waals surface area contributed by atoms with Crippen LogP contribution in [-0.2, 0) is 13.1 Å². The van der Waals surface area contributed by atoms with Crippen LogP contribution in [0.3, 0.4) is 0 Å². The van der Waals surface area contributed by atoms with Crippen molar-refractivity contribution in [1.82, 2.24) is 24.8 Å². The van der Waals surface area contributed by atoms with Gasteiger partial charge < -0.3 is 24.9 Å². The molecule has 3 aromatic heterocycles. The predicted octanol–water partition coefficient (Wildman–Crippen LogP) is 5.40. The molecule has 5 aromatic rings. The summed E-state index contributed by atoms with van der Waals surface area (Å²) in [6, 6.07) is 20.3. The lowest BCUT2D eigenvalue weighted by atomic mass is 10.1. The number of azo groups is 1. The van der Waals surface area contributed by atoms with Crippen molar-refractivity contribution in [2.75, 3.05) is 20.6 Å². The first-order valence-electron chi connectivity index (χ1n) is 13.4. The Bertz CT molecular complexity index is 1800. The minimum atomic E-state index is -0.447. The molecule has 0 aliphatic rings. The lowest BCUT2D eigenvalue weighted by Crippen LogP contribution is -2.33. The SMILES string of the molecule is CN(C)Cc1ccc(N=Nc2c(O)[nH]c3cc(C=CCNC(=O)c4cccn(Cc5cccnc5)c4=O)ccc23)cc1. The van der Waals surface area contributed by atoms with Gasteiger partial charge in [-0.1, -0.05) is 36.4 Å². The van der Waals surface area contributed by atoms with Crippen molar-refractivity contribution in [2.45, 2.75) is 13.1 Å². The second-order valence-corrected chi connectivity index (χ2v) is 10.1. The van der Waals surface area contributed by atoms with Crippen LogP contribution in [0.2, 0.25) is 0 Å². The van der Waals surface area contributed by atoms with E-state index in [1.807, 2.05) is 68.7 Å².